The van der Waals surface area contributed by atoms with Gasteiger partial charge < -0.3 is 9.32 Å². The molecule has 0 N–H and O–H groups in total. The van der Waals surface area contributed by atoms with Crippen molar-refractivity contribution in [2.45, 2.75) is 16.1 Å². The summed E-state index contributed by atoms with van der Waals surface area (Å²) in [6.45, 7) is 0. The largest absolute Gasteiger partial charge is 0.436 e. The fourth-order valence-corrected chi connectivity index (χ4v) is 8.11. The molecule has 3 nitrogen and oxygen atoms in total. The number of thioether (sulfide) groups is 1. The van der Waals surface area contributed by atoms with E-state index in [1.54, 1.807) is 0 Å². The van der Waals surface area contributed by atoms with Gasteiger partial charge >= 0.3 is 0 Å². The second-order valence-electron chi connectivity index (χ2n) is 11.5. The molecular weight excluding hydrogens is 569 g/mol. The molecule has 1 aliphatic carbocycles. The lowest BCUT2D eigenvalue weighted by molar-refractivity contribution is 0.620. The van der Waals surface area contributed by atoms with E-state index < -0.39 is 0 Å². The summed E-state index contributed by atoms with van der Waals surface area (Å²) in [5, 5.41) is 2.62. The zero-order valence-corrected chi connectivity index (χ0v) is 25.2. The van der Waals surface area contributed by atoms with Crippen LogP contribution < -0.4 is 4.90 Å². The molecule has 0 bridgehead atoms. The highest BCUT2D eigenvalue weighted by Gasteiger charge is 2.32. The van der Waals surface area contributed by atoms with E-state index in [0.29, 0.717) is 17.1 Å². The zero-order chi connectivity index (χ0) is 29.7. The number of allylic oxidation sites excluding steroid dienone is 3. The van der Waals surface area contributed by atoms with Crippen LogP contribution in [0.3, 0.4) is 0 Å². The van der Waals surface area contributed by atoms with Crippen LogP contribution in [0.25, 0.3) is 44.5 Å². The molecule has 2 unspecified atom stereocenters. The van der Waals surface area contributed by atoms with Gasteiger partial charge in [-0.2, -0.15) is 0 Å². The van der Waals surface area contributed by atoms with E-state index in [1.807, 2.05) is 48.2 Å². The fourth-order valence-electron chi connectivity index (χ4n) is 6.74. The van der Waals surface area contributed by atoms with Gasteiger partial charge in [0.15, 0.2) is 5.58 Å². The van der Waals surface area contributed by atoms with E-state index in [4.69, 9.17) is 9.40 Å². The Labute approximate surface area is 266 Å². The second-order valence-corrected chi connectivity index (χ2v) is 12.7. The molecule has 2 atom stereocenters. The summed E-state index contributed by atoms with van der Waals surface area (Å²) in [6, 6.07) is 47.2. The van der Waals surface area contributed by atoms with Gasteiger partial charge in [-0.05, 0) is 59.0 Å². The van der Waals surface area contributed by atoms with Gasteiger partial charge in [0.25, 0.3) is 0 Å². The van der Waals surface area contributed by atoms with Gasteiger partial charge in [-0.3, -0.25) is 0 Å². The standard InChI is InChI=1S/C41H28N2OS/c1-3-12-27(13-4-1)31-17-7-9-19-34(31)43(30-23-24-33-32-18-8-10-21-37(32)45-38(33)26-30)35-20-11-16-28-22-25-36-40(39(28)35)42-41(44-36)29-14-5-2-6-15-29/h1-26,32,37H. The lowest BCUT2D eigenvalue weighted by atomic mass is 9.92. The van der Waals surface area contributed by atoms with Crippen molar-refractivity contribution in [1.29, 1.82) is 0 Å². The molecule has 6 aromatic carbocycles. The number of aromatic nitrogens is 1. The smallest absolute Gasteiger partial charge is 0.227 e. The average molecular weight is 597 g/mol. The Morgan fingerprint density at radius 3 is 2.27 bits per heavy atom. The van der Waals surface area contributed by atoms with Gasteiger partial charge in [-0.25, -0.2) is 4.98 Å². The minimum absolute atomic E-state index is 0.415. The van der Waals surface area contributed by atoms with Gasteiger partial charge in [0.1, 0.15) is 5.52 Å². The lowest BCUT2D eigenvalue weighted by Gasteiger charge is -2.29. The highest BCUT2D eigenvalue weighted by atomic mass is 32.2. The minimum Gasteiger partial charge on any atom is -0.436 e. The van der Waals surface area contributed by atoms with Crippen molar-refractivity contribution >= 4 is 50.7 Å². The molecule has 2 aliphatic rings. The molecule has 214 valence electrons. The van der Waals surface area contributed by atoms with Crippen LogP contribution >= 0.6 is 11.8 Å². The Bertz CT molecular complexity index is 2270. The van der Waals surface area contributed by atoms with Gasteiger partial charge in [-0.1, -0.05) is 115 Å². The van der Waals surface area contributed by atoms with Gasteiger partial charge in [0, 0.05) is 38.3 Å². The Morgan fingerprint density at radius 2 is 1.40 bits per heavy atom. The van der Waals surface area contributed by atoms with E-state index in [1.165, 1.54) is 21.6 Å². The number of benzene rings is 6. The van der Waals surface area contributed by atoms with Crippen LogP contribution in [-0.2, 0) is 0 Å². The van der Waals surface area contributed by atoms with Crippen LogP contribution in [-0.4, -0.2) is 10.2 Å². The molecule has 0 fully saturated rings. The third kappa shape index (κ3) is 4.41. The van der Waals surface area contributed by atoms with Crippen molar-refractivity contribution in [1.82, 2.24) is 4.98 Å². The maximum absolute atomic E-state index is 6.37. The van der Waals surface area contributed by atoms with Gasteiger partial charge in [0.2, 0.25) is 5.89 Å². The van der Waals surface area contributed by atoms with Crippen LogP contribution in [0, 0.1) is 0 Å². The summed E-state index contributed by atoms with van der Waals surface area (Å²) < 4.78 is 6.37. The first-order chi connectivity index (χ1) is 22.3. The summed E-state index contributed by atoms with van der Waals surface area (Å²) in [5.74, 6) is 1.04. The molecule has 4 heteroatoms. The number of fused-ring (bicyclic) bond motifs is 6. The number of anilines is 3. The second kappa shape index (κ2) is 10.7. The molecule has 0 spiro atoms. The van der Waals surface area contributed by atoms with Crippen LogP contribution in [0.4, 0.5) is 17.1 Å². The van der Waals surface area contributed by atoms with E-state index in [9.17, 15) is 0 Å². The van der Waals surface area contributed by atoms with Crippen LogP contribution in [0.2, 0.25) is 0 Å². The maximum Gasteiger partial charge on any atom is 0.227 e. The Hall–Kier alpha value is -5.32. The normalized spacial score (nSPS) is 16.6. The molecule has 0 radical (unpaired) electrons. The molecule has 0 saturated heterocycles. The highest BCUT2D eigenvalue weighted by Crippen LogP contribution is 2.51. The van der Waals surface area contributed by atoms with Crippen LogP contribution in [0.5, 0.6) is 0 Å². The summed E-state index contributed by atoms with van der Waals surface area (Å²) >= 11 is 1.96. The molecule has 0 amide bonds. The zero-order valence-electron chi connectivity index (χ0n) is 24.4. The fraction of sp³-hybridized carbons (Fsp3) is 0.0488. The minimum atomic E-state index is 0.415. The molecule has 2 heterocycles. The molecule has 9 rings (SSSR count). The predicted molar refractivity (Wildman–Crippen MR) is 188 cm³/mol. The summed E-state index contributed by atoms with van der Waals surface area (Å²) in [4.78, 5) is 8.86. The first-order valence-electron chi connectivity index (χ1n) is 15.3. The number of oxazole rings is 1. The molecule has 7 aromatic rings. The van der Waals surface area contributed by atoms with E-state index in [0.717, 1.165) is 44.5 Å². The third-order valence-corrected chi connectivity index (χ3v) is 10.2. The van der Waals surface area contributed by atoms with Crippen molar-refractivity contribution in [3.8, 4) is 22.6 Å². The van der Waals surface area contributed by atoms with E-state index in [-0.39, 0.29) is 0 Å². The van der Waals surface area contributed by atoms with Crippen molar-refractivity contribution in [2.75, 3.05) is 4.90 Å². The number of para-hydroxylation sites is 1. The average Bonchev–Trinajstić information content (AvgIpc) is 3.71. The highest BCUT2D eigenvalue weighted by molar-refractivity contribution is 8.00. The number of hydrogen-bond donors (Lipinski definition) is 0. The molecule has 45 heavy (non-hydrogen) atoms. The summed E-state index contributed by atoms with van der Waals surface area (Å²) in [5.41, 5.74) is 9.63. The Kier molecular flexibility index (Phi) is 6.20. The first kappa shape index (κ1) is 26.1. The molecule has 0 saturated carbocycles. The molecule has 1 aromatic heterocycles. The van der Waals surface area contributed by atoms with Crippen molar-refractivity contribution in [3.05, 3.63) is 163 Å². The summed E-state index contributed by atoms with van der Waals surface area (Å²) in [7, 11) is 0. The SMILES string of the molecule is C1=CC2Sc3cc(N(c4ccccc4-c4ccccc4)c4cccc5ccc6oc(-c7ccccc7)nc6c45)ccc3C2C=C1. The topological polar surface area (TPSA) is 29.3 Å². The predicted octanol–water partition coefficient (Wildman–Crippen LogP) is 11.5. The van der Waals surface area contributed by atoms with Crippen LogP contribution in [0.1, 0.15) is 11.5 Å². The maximum atomic E-state index is 6.37. The molecule has 1 aliphatic heterocycles. The monoisotopic (exact) mass is 596 g/mol. The molecular formula is C41H28N2OS. The van der Waals surface area contributed by atoms with Gasteiger partial charge in [0.05, 0.1) is 11.4 Å². The third-order valence-electron chi connectivity index (χ3n) is 8.83. The van der Waals surface area contributed by atoms with Crippen molar-refractivity contribution in [3.63, 3.8) is 0 Å². The van der Waals surface area contributed by atoms with Crippen molar-refractivity contribution in [2.24, 2.45) is 0 Å². The van der Waals surface area contributed by atoms with E-state index in [2.05, 4.69) is 126 Å². The van der Waals surface area contributed by atoms with Crippen LogP contribution in [0.15, 0.2) is 167 Å². The van der Waals surface area contributed by atoms with E-state index >= 15 is 0 Å². The Balaban J connectivity index is 1.31. The quantitative estimate of drug-likeness (QED) is 0.198. The number of hydrogen-bond acceptors (Lipinski definition) is 4. The number of nitrogens with zero attached hydrogens (tertiary/aromatic N) is 2. The lowest BCUT2D eigenvalue weighted by Crippen LogP contribution is -2.12. The first-order valence-corrected chi connectivity index (χ1v) is 16.2. The van der Waals surface area contributed by atoms with Gasteiger partial charge in [-0.15, -0.1) is 11.8 Å². The Morgan fingerprint density at radius 1 is 0.644 bits per heavy atom. The van der Waals surface area contributed by atoms with Crippen molar-refractivity contribution < 1.29 is 4.42 Å². The number of rotatable bonds is 5. The summed E-state index contributed by atoms with van der Waals surface area (Å²) in [6.07, 6.45) is 9.01.